The maximum atomic E-state index is 13.1. The highest BCUT2D eigenvalue weighted by Gasteiger charge is 2.29. The van der Waals surface area contributed by atoms with E-state index in [4.69, 9.17) is 0 Å². The summed E-state index contributed by atoms with van der Waals surface area (Å²) in [4.78, 5) is 50.1. The predicted molar refractivity (Wildman–Crippen MR) is 136 cm³/mol. The molecule has 0 spiro atoms. The van der Waals surface area contributed by atoms with E-state index < -0.39 is 42.5 Å². The molecule has 4 atom stereocenters. The quantitative estimate of drug-likeness (QED) is 0.224. The number of benzene rings is 2. The van der Waals surface area contributed by atoms with E-state index in [2.05, 4.69) is 21.3 Å². The molecule has 0 aliphatic carbocycles. The molecule has 3 rings (SSSR count). The minimum atomic E-state index is -1.49. The van der Waals surface area contributed by atoms with Crippen LogP contribution in [-0.2, 0) is 32.0 Å². The summed E-state index contributed by atoms with van der Waals surface area (Å²) in [5, 5.41) is 29.6. The van der Waals surface area contributed by atoms with E-state index in [1.807, 2.05) is 36.4 Å². The number of carboxylic acid groups (broad SMARTS) is 1. The first kappa shape index (κ1) is 27.8. The largest absolute Gasteiger partial charge is 0.480 e. The van der Waals surface area contributed by atoms with Crippen molar-refractivity contribution in [1.29, 1.82) is 0 Å². The van der Waals surface area contributed by atoms with Crippen LogP contribution in [0.25, 0.3) is 0 Å². The summed E-state index contributed by atoms with van der Waals surface area (Å²) in [6.45, 7) is -0.0170. The SMILES string of the molecule is O=C(C[C@H](Cc1ccccc1)NC(=O)[C@@H]1CCCN1)N[C@@H](Cc1ccccc1)C(=O)N[C@@H](CO)C(=O)O. The number of rotatable bonds is 13. The molecule has 0 bridgehead atoms. The average Bonchev–Trinajstić information content (AvgIpc) is 3.43. The lowest BCUT2D eigenvalue weighted by molar-refractivity contribution is -0.143. The molecule has 1 aliphatic heterocycles. The van der Waals surface area contributed by atoms with Crippen molar-refractivity contribution in [2.24, 2.45) is 0 Å². The summed E-state index contributed by atoms with van der Waals surface area (Å²) in [5.41, 5.74) is 1.71. The molecule has 1 saturated heterocycles. The maximum absolute atomic E-state index is 13.1. The fourth-order valence-electron chi connectivity index (χ4n) is 4.28. The summed E-state index contributed by atoms with van der Waals surface area (Å²) in [6, 6.07) is 15.1. The first-order valence-corrected chi connectivity index (χ1v) is 12.4. The Morgan fingerprint density at radius 2 is 1.49 bits per heavy atom. The van der Waals surface area contributed by atoms with Gasteiger partial charge in [-0.15, -0.1) is 0 Å². The lowest BCUT2D eigenvalue weighted by Crippen LogP contribution is -2.54. The molecule has 1 fully saturated rings. The molecule has 198 valence electrons. The summed E-state index contributed by atoms with van der Waals surface area (Å²) in [5.74, 6) is -2.74. The number of aliphatic hydroxyl groups excluding tert-OH is 1. The first-order valence-electron chi connectivity index (χ1n) is 12.4. The number of amides is 3. The van der Waals surface area contributed by atoms with Gasteiger partial charge in [0.05, 0.1) is 12.6 Å². The van der Waals surface area contributed by atoms with Crippen molar-refractivity contribution in [3.8, 4) is 0 Å². The molecular weight excluding hydrogens is 476 g/mol. The van der Waals surface area contributed by atoms with E-state index in [0.717, 1.165) is 30.5 Å². The molecule has 0 radical (unpaired) electrons. The van der Waals surface area contributed by atoms with Gasteiger partial charge in [-0.2, -0.15) is 0 Å². The van der Waals surface area contributed by atoms with Crippen molar-refractivity contribution in [3.05, 3.63) is 71.8 Å². The van der Waals surface area contributed by atoms with Gasteiger partial charge in [0.15, 0.2) is 0 Å². The van der Waals surface area contributed by atoms with Crippen LogP contribution in [0.4, 0.5) is 0 Å². The predicted octanol–water partition coefficient (Wildman–Crippen LogP) is 0.145. The number of carbonyl (C=O) groups excluding carboxylic acids is 3. The highest BCUT2D eigenvalue weighted by molar-refractivity contribution is 5.91. The van der Waals surface area contributed by atoms with Gasteiger partial charge in [0, 0.05) is 18.9 Å². The monoisotopic (exact) mass is 510 g/mol. The molecule has 0 saturated carbocycles. The number of aliphatic carboxylic acids is 1. The zero-order valence-electron chi connectivity index (χ0n) is 20.6. The second-order valence-electron chi connectivity index (χ2n) is 9.14. The van der Waals surface area contributed by atoms with Gasteiger partial charge in [-0.3, -0.25) is 14.4 Å². The minimum absolute atomic E-state index is 0.0751. The van der Waals surface area contributed by atoms with Crippen LogP contribution in [0, 0.1) is 0 Å². The zero-order chi connectivity index (χ0) is 26.6. The Morgan fingerprint density at radius 3 is 2.03 bits per heavy atom. The Morgan fingerprint density at radius 1 is 0.865 bits per heavy atom. The molecule has 2 aromatic carbocycles. The van der Waals surface area contributed by atoms with Crippen LogP contribution in [0.3, 0.4) is 0 Å². The molecule has 6 N–H and O–H groups in total. The maximum Gasteiger partial charge on any atom is 0.328 e. The van der Waals surface area contributed by atoms with Gasteiger partial charge in [0.2, 0.25) is 17.7 Å². The molecule has 3 amide bonds. The van der Waals surface area contributed by atoms with Crippen molar-refractivity contribution in [1.82, 2.24) is 21.3 Å². The standard InChI is InChI=1S/C27H34N4O6/c32-17-23(27(36)37)31-26(35)22(15-19-10-5-2-6-11-19)30-24(33)16-20(14-18-8-3-1-4-9-18)29-25(34)21-12-7-13-28-21/h1-6,8-11,20-23,28,32H,7,12-17H2,(H,29,34)(H,30,33)(H,31,35)(H,36,37)/t20-,21-,22-,23-/m0/s1. The number of hydrogen-bond acceptors (Lipinski definition) is 6. The van der Waals surface area contributed by atoms with Crippen LogP contribution in [0.1, 0.15) is 30.4 Å². The van der Waals surface area contributed by atoms with E-state index in [0.29, 0.717) is 6.42 Å². The molecule has 10 nitrogen and oxygen atoms in total. The van der Waals surface area contributed by atoms with E-state index >= 15 is 0 Å². The second kappa shape index (κ2) is 14.1. The fourth-order valence-corrected chi connectivity index (χ4v) is 4.28. The average molecular weight is 511 g/mol. The molecule has 10 heteroatoms. The van der Waals surface area contributed by atoms with Crippen LogP contribution < -0.4 is 21.3 Å². The van der Waals surface area contributed by atoms with Crippen LogP contribution in [0.5, 0.6) is 0 Å². The van der Waals surface area contributed by atoms with Crippen molar-refractivity contribution in [2.45, 2.75) is 56.3 Å². The van der Waals surface area contributed by atoms with Crippen molar-refractivity contribution >= 4 is 23.7 Å². The van der Waals surface area contributed by atoms with Crippen LogP contribution >= 0.6 is 0 Å². The summed E-state index contributed by atoms with van der Waals surface area (Å²) in [6.07, 6.45) is 2.11. The number of carbonyl (C=O) groups is 4. The molecule has 1 aliphatic rings. The van der Waals surface area contributed by atoms with Crippen molar-refractivity contribution in [2.75, 3.05) is 13.2 Å². The number of hydrogen-bond donors (Lipinski definition) is 6. The number of nitrogens with one attached hydrogen (secondary N) is 4. The lowest BCUT2D eigenvalue weighted by atomic mass is 10.0. The molecule has 0 unspecified atom stereocenters. The highest BCUT2D eigenvalue weighted by Crippen LogP contribution is 2.11. The summed E-state index contributed by atoms with van der Waals surface area (Å²) in [7, 11) is 0. The Balaban J connectivity index is 1.72. The van der Waals surface area contributed by atoms with Gasteiger partial charge >= 0.3 is 5.97 Å². The Hall–Kier alpha value is -3.76. The van der Waals surface area contributed by atoms with Gasteiger partial charge in [0.25, 0.3) is 0 Å². The third-order valence-electron chi connectivity index (χ3n) is 6.21. The number of aliphatic hydroxyl groups is 1. The van der Waals surface area contributed by atoms with Gasteiger partial charge in [-0.05, 0) is 36.9 Å². The van der Waals surface area contributed by atoms with E-state index in [9.17, 15) is 29.4 Å². The summed E-state index contributed by atoms with van der Waals surface area (Å²) >= 11 is 0. The van der Waals surface area contributed by atoms with Gasteiger partial charge < -0.3 is 31.5 Å². The van der Waals surface area contributed by atoms with Crippen LogP contribution in [-0.4, -0.2) is 71.2 Å². The van der Waals surface area contributed by atoms with Gasteiger partial charge in [-0.25, -0.2) is 4.79 Å². The normalized spacial score (nSPS) is 17.3. The minimum Gasteiger partial charge on any atom is -0.480 e. The zero-order valence-corrected chi connectivity index (χ0v) is 20.6. The van der Waals surface area contributed by atoms with Crippen molar-refractivity contribution < 1.29 is 29.4 Å². The Bertz CT molecular complexity index is 1040. The van der Waals surface area contributed by atoms with Gasteiger partial charge in [-0.1, -0.05) is 60.7 Å². The molecular formula is C27H34N4O6. The van der Waals surface area contributed by atoms with Gasteiger partial charge in [0.1, 0.15) is 12.1 Å². The van der Waals surface area contributed by atoms with Crippen LogP contribution in [0.2, 0.25) is 0 Å². The topological polar surface area (TPSA) is 157 Å². The number of carboxylic acids is 1. The Labute approximate surface area is 215 Å². The molecule has 37 heavy (non-hydrogen) atoms. The highest BCUT2D eigenvalue weighted by atomic mass is 16.4. The third-order valence-corrected chi connectivity index (χ3v) is 6.21. The smallest absolute Gasteiger partial charge is 0.328 e. The van der Waals surface area contributed by atoms with E-state index in [-0.39, 0.29) is 24.8 Å². The second-order valence-corrected chi connectivity index (χ2v) is 9.14. The molecule has 0 aromatic heterocycles. The fraction of sp³-hybridized carbons (Fsp3) is 0.407. The molecule has 2 aromatic rings. The van der Waals surface area contributed by atoms with Crippen molar-refractivity contribution in [3.63, 3.8) is 0 Å². The first-order chi connectivity index (χ1) is 17.9. The Kier molecular flexibility index (Phi) is 10.6. The van der Waals surface area contributed by atoms with E-state index in [1.165, 1.54) is 0 Å². The van der Waals surface area contributed by atoms with E-state index in [1.54, 1.807) is 24.3 Å². The third kappa shape index (κ3) is 9.00. The van der Waals surface area contributed by atoms with Crippen LogP contribution in [0.15, 0.2) is 60.7 Å². The summed E-state index contributed by atoms with van der Waals surface area (Å²) < 4.78 is 0. The lowest BCUT2D eigenvalue weighted by Gasteiger charge is -2.24. The molecule has 1 heterocycles.